The van der Waals surface area contributed by atoms with Crippen molar-refractivity contribution in [1.82, 2.24) is 9.78 Å². The van der Waals surface area contributed by atoms with E-state index in [1.54, 1.807) is 4.68 Å². The zero-order valence-corrected chi connectivity index (χ0v) is 9.84. The maximum Gasteiger partial charge on any atom is 0.133 e. The van der Waals surface area contributed by atoms with E-state index in [-0.39, 0.29) is 0 Å². The molecule has 0 N–H and O–H groups in total. The van der Waals surface area contributed by atoms with E-state index in [9.17, 15) is 4.79 Å². The minimum atomic E-state index is 0.387. The summed E-state index contributed by atoms with van der Waals surface area (Å²) in [5, 5.41) is 4.99. The molecule has 0 radical (unpaired) electrons. The number of aromatic nitrogens is 2. The van der Waals surface area contributed by atoms with Gasteiger partial charge in [0, 0.05) is 25.5 Å². The van der Waals surface area contributed by atoms with Crippen molar-refractivity contribution in [3.05, 3.63) is 16.4 Å². The first-order chi connectivity index (χ1) is 7.08. The molecule has 3 nitrogen and oxygen atoms in total. The van der Waals surface area contributed by atoms with Crippen LogP contribution < -0.4 is 0 Å². The summed E-state index contributed by atoms with van der Waals surface area (Å²) in [6.07, 6.45) is 3.35. The molecule has 1 unspecified atom stereocenters. The molecule has 0 spiro atoms. The van der Waals surface area contributed by atoms with E-state index in [0.29, 0.717) is 23.3 Å². The first-order valence-electron chi connectivity index (χ1n) is 5.27. The van der Waals surface area contributed by atoms with E-state index in [1.165, 1.54) is 0 Å². The third-order valence-electron chi connectivity index (χ3n) is 3.11. The van der Waals surface area contributed by atoms with Crippen LogP contribution in [-0.4, -0.2) is 15.6 Å². The molecule has 1 atom stereocenters. The number of carbonyl (C=O) groups is 1. The average Bonchev–Trinajstić information content (AvgIpc) is 2.67. The zero-order valence-electron chi connectivity index (χ0n) is 9.09. The summed E-state index contributed by atoms with van der Waals surface area (Å²) in [6.45, 7) is 1.97. The molecule has 0 bridgehead atoms. The van der Waals surface area contributed by atoms with Gasteiger partial charge in [-0.1, -0.05) is 11.6 Å². The van der Waals surface area contributed by atoms with Crippen LogP contribution in [0, 0.1) is 12.8 Å². The Morgan fingerprint density at radius 3 is 2.80 bits per heavy atom. The first kappa shape index (κ1) is 10.7. The molecule has 0 aromatic carbocycles. The van der Waals surface area contributed by atoms with E-state index in [1.807, 2.05) is 14.0 Å². The first-order valence-corrected chi connectivity index (χ1v) is 5.65. The lowest BCUT2D eigenvalue weighted by Crippen LogP contribution is -2.01. The standard InChI is InChI=1S/C11H15ClN2O/c1-7-10(11(12)14(2)13-7)6-8-3-4-9(15)5-8/h8H,3-6H2,1-2H3. The van der Waals surface area contributed by atoms with Crippen LogP contribution >= 0.6 is 11.6 Å². The van der Waals surface area contributed by atoms with Crippen LogP contribution in [0.3, 0.4) is 0 Å². The molecule has 1 aliphatic carbocycles. The van der Waals surface area contributed by atoms with Crippen LogP contribution in [0.4, 0.5) is 0 Å². The van der Waals surface area contributed by atoms with Crippen molar-refractivity contribution in [2.45, 2.75) is 32.6 Å². The highest BCUT2D eigenvalue weighted by Gasteiger charge is 2.24. The van der Waals surface area contributed by atoms with Gasteiger partial charge >= 0.3 is 0 Å². The molecule has 15 heavy (non-hydrogen) atoms. The maximum atomic E-state index is 11.2. The number of hydrogen-bond donors (Lipinski definition) is 0. The average molecular weight is 227 g/mol. The quantitative estimate of drug-likeness (QED) is 0.776. The summed E-state index contributed by atoms with van der Waals surface area (Å²) in [5.41, 5.74) is 2.10. The monoisotopic (exact) mass is 226 g/mol. The predicted octanol–water partition coefficient (Wildman–Crippen LogP) is 2.29. The van der Waals surface area contributed by atoms with Gasteiger partial charge in [-0.2, -0.15) is 5.10 Å². The fourth-order valence-electron chi connectivity index (χ4n) is 2.26. The minimum absolute atomic E-state index is 0.387. The molecule has 1 saturated carbocycles. The second-order valence-corrected chi connectivity index (χ2v) is 4.69. The van der Waals surface area contributed by atoms with Gasteiger partial charge in [0.2, 0.25) is 0 Å². The maximum absolute atomic E-state index is 11.2. The number of carbonyl (C=O) groups excluding carboxylic acids is 1. The fourth-order valence-corrected chi connectivity index (χ4v) is 2.51. The number of nitrogens with zero attached hydrogens (tertiary/aromatic N) is 2. The summed E-state index contributed by atoms with van der Waals surface area (Å²) in [7, 11) is 1.85. The van der Waals surface area contributed by atoms with Crippen LogP contribution in [0.15, 0.2) is 0 Å². The molecule has 4 heteroatoms. The van der Waals surface area contributed by atoms with Crippen molar-refractivity contribution >= 4 is 17.4 Å². The molecule has 1 aliphatic rings. The minimum Gasteiger partial charge on any atom is -0.300 e. The summed E-state index contributed by atoms with van der Waals surface area (Å²) in [4.78, 5) is 11.2. The number of ketones is 1. The number of Topliss-reactive ketones (excluding diaryl/α,β-unsaturated/α-hetero) is 1. The third-order valence-corrected chi connectivity index (χ3v) is 3.58. The summed E-state index contributed by atoms with van der Waals surface area (Å²) < 4.78 is 1.70. The highest BCUT2D eigenvalue weighted by Crippen LogP contribution is 2.29. The Labute approximate surface area is 94.4 Å². The predicted molar refractivity (Wildman–Crippen MR) is 59.0 cm³/mol. The Balaban J connectivity index is 2.13. The second-order valence-electron chi connectivity index (χ2n) is 4.33. The molecule has 1 fully saturated rings. The highest BCUT2D eigenvalue weighted by atomic mass is 35.5. The molecule has 0 saturated heterocycles. The van der Waals surface area contributed by atoms with Crippen molar-refractivity contribution in [3.63, 3.8) is 0 Å². The molecule has 1 aromatic heterocycles. The Morgan fingerprint density at radius 2 is 2.33 bits per heavy atom. The molecule has 1 aromatic rings. The smallest absolute Gasteiger partial charge is 0.133 e. The number of halogens is 1. The molecule has 0 amide bonds. The van der Waals surface area contributed by atoms with Crippen LogP contribution in [0.5, 0.6) is 0 Å². The van der Waals surface area contributed by atoms with Gasteiger partial charge in [0.1, 0.15) is 10.9 Å². The van der Waals surface area contributed by atoms with E-state index in [2.05, 4.69) is 5.10 Å². The molecular formula is C11H15ClN2O. The third kappa shape index (κ3) is 2.07. The number of aryl methyl sites for hydroxylation is 2. The lowest BCUT2D eigenvalue weighted by Gasteiger charge is -2.07. The molecule has 0 aliphatic heterocycles. The van der Waals surface area contributed by atoms with Crippen LogP contribution in [0.1, 0.15) is 30.5 Å². The molecule has 82 valence electrons. The van der Waals surface area contributed by atoms with Crippen molar-refractivity contribution in [3.8, 4) is 0 Å². The van der Waals surface area contributed by atoms with Crippen LogP contribution in [-0.2, 0) is 18.3 Å². The summed E-state index contributed by atoms with van der Waals surface area (Å²) in [6, 6.07) is 0. The Morgan fingerprint density at radius 1 is 1.60 bits per heavy atom. The van der Waals surface area contributed by atoms with Crippen molar-refractivity contribution in [2.75, 3.05) is 0 Å². The van der Waals surface area contributed by atoms with Gasteiger partial charge in [-0.3, -0.25) is 9.48 Å². The van der Waals surface area contributed by atoms with Gasteiger partial charge in [-0.25, -0.2) is 0 Å². The Kier molecular flexibility index (Phi) is 2.83. The van der Waals surface area contributed by atoms with Gasteiger partial charge in [0.05, 0.1) is 5.69 Å². The molecule has 2 rings (SSSR count). The SMILES string of the molecule is Cc1nn(C)c(Cl)c1CC1CCC(=O)C1. The summed E-state index contributed by atoms with van der Waals surface area (Å²) in [5.74, 6) is 0.857. The van der Waals surface area contributed by atoms with Crippen molar-refractivity contribution in [2.24, 2.45) is 13.0 Å². The number of hydrogen-bond acceptors (Lipinski definition) is 2. The zero-order chi connectivity index (χ0) is 11.0. The Hall–Kier alpha value is -0.830. The fraction of sp³-hybridized carbons (Fsp3) is 0.636. The largest absolute Gasteiger partial charge is 0.300 e. The van der Waals surface area contributed by atoms with E-state index >= 15 is 0 Å². The van der Waals surface area contributed by atoms with Crippen LogP contribution in [0.25, 0.3) is 0 Å². The van der Waals surface area contributed by atoms with Crippen molar-refractivity contribution < 1.29 is 4.79 Å². The lowest BCUT2D eigenvalue weighted by atomic mass is 9.99. The molecular weight excluding hydrogens is 212 g/mol. The van der Waals surface area contributed by atoms with Gasteiger partial charge in [-0.05, 0) is 25.7 Å². The van der Waals surface area contributed by atoms with E-state index in [0.717, 1.165) is 30.5 Å². The van der Waals surface area contributed by atoms with E-state index < -0.39 is 0 Å². The van der Waals surface area contributed by atoms with Crippen molar-refractivity contribution in [1.29, 1.82) is 0 Å². The van der Waals surface area contributed by atoms with Gasteiger partial charge < -0.3 is 0 Å². The lowest BCUT2D eigenvalue weighted by molar-refractivity contribution is -0.117. The van der Waals surface area contributed by atoms with Gasteiger partial charge in [0.25, 0.3) is 0 Å². The Bertz CT molecular complexity index is 398. The van der Waals surface area contributed by atoms with Crippen LogP contribution in [0.2, 0.25) is 5.15 Å². The van der Waals surface area contributed by atoms with Gasteiger partial charge in [0.15, 0.2) is 0 Å². The normalized spacial score (nSPS) is 21.3. The summed E-state index contributed by atoms with van der Waals surface area (Å²) >= 11 is 6.14. The molecule has 1 heterocycles. The van der Waals surface area contributed by atoms with Gasteiger partial charge in [-0.15, -0.1) is 0 Å². The van der Waals surface area contributed by atoms with E-state index in [4.69, 9.17) is 11.6 Å². The highest BCUT2D eigenvalue weighted by molar-refractivity contribution is 6.30. The number of rotatable bonds is 2. The topological polar surface area (TPSA) is 34.9 Å². The second kappa shape index (κ2) is 3.97.